The molecule has 1 heterocycles. The summed E-state index contributed by atoms with van der Waals surface area (Å²) in [5.41, 5.74) is 9.72. The van der Waals surface area contributed by atoms with Gasteiger partial charge in [-0.3, -0.25) is 4.79 Å². The predicted molar refractivity (Wildman–Crippen MR) is 86.2 cm³/mol. The van der Waals surface area contributed by atoms with Crippen molar-refractivity contribution in [1.82, 2.24) is 5.43 Å². The Hall–Kier alpha value is -2.54. The standard InChI is InChI=1S/C15H12BrN3O3/c16-11-6-14-13(21-8-22-14)5-9(11)7-18-19-15(20)10-3-1-2-4-12(10)17/h1-7H,8,17H2,(H,19,20). The van der Waals surface area contributed by atoms with Gasteiger partial charge in [0.25, 0.3) is 5.91 Å². The van der Waals surface area contributed by atoms with Crippen LogP contribution in [0.15, 0.2) is 46.0 Å². The quantitative estimate of drug-likeness (QED) is 0.499. The van der Waals surface area contributed by atoms with Gasteiger partial charge in [-0.2, -0.15) is 5.10 Å². The predicted octanol–water partition coefficient (Wildman–Crippen LogP) is 2.52. The van der Waals surface area contributed by atoms with Gasteiger partial charge in [0.1, 0.15) is 0 Å². The zero-order valence-electron chi connectivity index (χ0n) is 11.4. The number of benzene rings is 2. The molecule has 0 saturated carbocycles. The molecule has 3 rings (SSSR count). The highest BCUT2D eigenvalue weighted by Gasteiger charge is 2.15. The van der Waals surface area contributed by atoms with Crippen LogP contribution in [0.5, 0.6) is 11.5 Å². The van der Waals surface area contributed by atoms with E-state index < -0.39 is 0 Å². The van der Waals surface area contributed by atoms with Gasteiger partial charge in [-0.25, -0.2) is 5.43 Å². The van der Waals surface area contributed by atoms with Crippen LogP contribution in [0.2, 0.25) is 0 Å². The van der Waals surface area contributed by atoms with E-state index in [9.17, 15) is 4.79 Å². The minimum atomic E-state index is -0.369. The number of hydrogen-bond acceptors (Lipinski definition) is 5. The van der Waals surface area contributed by atoms with E-state index in [0.29, 0.717) is 22.7 Å². The molecule has 0 bridgehead atoms. The highest BCUT2D eigenvalue weighted by Crippen LogP contribution is 2.36. The molecule has 112 valence electrons. The van der Waals surface area contributed by atoms with Crippen LogP contribution < -0.4 is 20.6 Å². The van der Waals surface area contributed by atoms with Gasteiger partial charge in [-0.1, -0.05) is 12.1 Å². The molecule has 0 radical (unpaired) electrons. The van der Waals surface area contributed by atoms with Crippen molar-refractivity contribution >= 4 is 33.7 Å². The molecule has 22 heavy (non-hydrogen) atoms. The van der Waals surface area contributed by atoms with E-state index >= 15 is 0 Å². The number of halogens is 1. The maximum absolute atomic E-state index is 12.0. The van der Waals surface area contributed by atoms with Crippen LogP contribution in [0.1, 0.15) is 15.9 Å². The van der Waals surface area contributed by atoms with Gasteiger partial charge in [0, 0.05) is 15.7 Å². The van der Waals surface area contributed by atoms with Crippen LogP contribution in [-0.4, -0.2) is 18.9 Å². The average Bonchev–Trinajstić information content (AvgIpc) is 2.94. The van der Waals surface area contributed by atoms with E-state index in [-0.39, 0.29) is 12.7 Å². The summed E-state index contributed by atoms with van der Waals surface area (Å²) < 4.78 is 11.4. The first-order valence-corrected chi connectivity index (χ1v) is 7.21. The first kappa shape index (κ1) is 14.4. The second-order valence-electron chi connectivity index (χ2n) is 4.51. The molecule has 2 aromatic carbocycles. The number of nitrogens with two attached hydrogens (primary N) is 1. The SMILES string of the molecule is Nc1ccccc1C(=O)NN=Cc1cc2c(cc1Br)OCO2. The number of fused-ring (bicyclic) bond motifs is 1. The van der Waals surface area contributed by atoms with E-state index in [2.05, 4.69) is 26.5 Å². The van der Waals surface area contributed by atoms with E-state index in [4.69, 9.17) is 15.2 Å². The third-order valence-corrected chi connectivity index (χ3v) is 3.75. The number of para-hydroxylation sites is 1. The van der Waals surface area contributed by atoms with Crippen molar-refractivity contribution in [3.8, 4) is 11.5 Å². The van der Waals surface area contributed by atoms with Crippen LogP contribution in [0, 0.1) is 0 Å². The maximum atomic E-state index is 12.0. The topological polar surface area (TPSA) is 85.9 Å². The number of nitrogens with zero attached hydrogens (tertiary/aromatic N) is 1. The molecule has 7 heteroatoms. The van der Waals surface area contributed by atoms with Crippen molar-refractivity contribution < 1.29 is 14.3 Å². The van der Waals surface area contributed by atoms with Crippen molar-refractivity contribution in [3.63, 3.8) is 0 Å². The van der Waals surface area contributed by atoms with Gasteiger partial charge in [-0.15, -0.1) is 0 Å². The second-order valence-corrected chi connectivity index (χ2v) is 5.37. The Morgan fingerprint density at radius 1 is 1.27 bits per heavy atom. The van der Waals surface area contributed by atoms with Crippen molar-refractivity contribution in [2.45, 2.75) is 0 Å². The summed E-state index contributed by atoms with van der Waals surface area (Å²) in [5, 5.41) is 3.94. The molecule has 0 atom stereocenters. The molecule has 0 spiro atoms. The van der Waals surface area contributed by atoms with Crippen LogP contribution in [0.25, 0.3) is 0 Å². The summed E-state index contributed by atoms with van der Waals surface area (Å²) in [6.45, 7) is 0.201. The smallest absolute Gasteiger partial charge is 0.273 e. The van der Waals surface area contributed by atoms with Crippen LogP contribution in [0.3, 0.4) is 0 Å². The van der Waals surface area contributed by atoms with E-state index in [1.807, 2.05) is 0 Å². The van der Waals surface area contributed by atoms with E-state index in [0.717, 1.165) is 10.0 Å². The van der Waals surface area contributed by atoms with E-state index in [1.54, 1.807) is 36.4 Å². The lowest BCUT2D eigenvalue weighted by Gasteiger charge is -2.04. The Morgan fingerprint density at radius 2 is 2.00 bits per heavy atom. The van der Waals surface area contributed by atoms with Gasteiger partial charge in [-0.05, 0) is 40.2 Å². The third-order valence-electron chi connectivity index (χ3n) is 3.07. The Kier molecular flexibility index (Phi) is 3.97. The van der Waals surface area contributed by atoms with Gasteiger partial charge in [0.2, 0.25) is 6.79 Å². The number of hydrogen-bond donors (Lipinski definition) is 2. The molecular weight excluding hydrogens is 350 g/mol. The van der Waals surface area contributed by atoms with Gasteiger partial charge >= 0.3 is 0 Å². The Bertz CT molecular complexity index is 762. The number of rotatable bonds is 3. The van der Waals surface area contributed by atoms with E-state index in [1.165, 1.54) is 6.21 Å². The summed E-state index contributed by atoms with van der Waals surface area (Å²) >= 11 is 3.41. The fraction of sp³-hybridized carbons (Fsp3) is 0.0667. The monoisotopic (exact) mass is 361 g/mol. The minimum Gasteiger partial charge on any atom is -0.454 e. The highest BCUT2D eigenvalue weighted by atomic mass is 79.9. The van der Waals surface area contributed by atoms with Gasteiger partial charge in [0.15, 0.2) is 11.5 Å². The molecule has 1 aliphatic heterocycles. The van der Waals surface area contributed by atoms with Crippen molar-refractivity contribution in [3.05, 3.63) is 52.0 Å². The number of ether oxygens (including phenoxy) is 2. The van der Waals surface area contributed by atoms with Crippen molar-refractivity contribution in [2.75, 3.05) is 12.5 Å². The maximum Gasteiger partial charge on any atom is 0.273 e. The molecule has 0 aromatic heterocycles. The molecule has 0 fully saturated rings. The zero-order valence-corrected chi connectivity index (χ0v) is 13.0. The molecule has 0 unspecified atom stereocenters. The summed E-state index contributed by atoms with van der Waals surface area (Å²) in [5.74, 6) is 0.944. The number of amides is 1. The Morgan fingerprint density at radius 3 is 2.77 bits per heavy atom. The molecule has 1 aliphatic rings. The van der Waals surface area contributed by atoms with Crippen LogP contribution >= 0.6 is 15.9 Å². The number of carbonyl (C=O) groups excluding carboxylic acids is 1. The largest absolute Gasteiger partial charge is 0.454 e. The lowest BCUT2D eigenvalue weighted by Crippen LogP contribution is -2.19. The molecule has 3 N–H and O–H groups in total. The molecule has 0 aliphatic carbocycles. The number of nitrogen functional groups attached to an aromatic ring is 1. The molecule has 1 amide bonds. The molecular formula is C15H12BrN3O3. The summed E-state index contributed by atoms with van der Waals surface area (Å²) in [6, 6.07) is 10.4. The first-order chi connectivity index (χ1) is 10.6. The number of carbonyl (C=O) groups is 1. The Labute approximate surface area is 135 Å². The Balaban J connectivity index is 1.73. The first-order valence-electron chi connectivity index (χ1n) is 6.42. The zero-order chi connectivity index (χ0) is 15.5. The average molecular weight is 362 g/mol. The van der Waals surface area contributed by atoms with Gasteiger partial charge in [0.05, 0.1) is 11.8 Å². The lowest BCUT2D eigenvalue weighted by molar-refractivity contribution is 0.0956. The minimum absolute atomic E-state index is 0.201. The summed E-state index contributed by atoms with van der Waals surface area (Å²) in [6.07, 6.45) is 1.52. The normalized spacial score (nSPS) is 12.6. The summed E-state index contributed by atoms with van der Waals surface area (Å²) in [4.78, 5) is 12.0. The molecule has 6 nitrogen and oxygen atoms in total. The number of anilines is 1. The number of hydrazone groups is 1. The van der Waals surface area contributed by atoms with Crippen LogP contribution in [-0.2, 0) is 0 Å². The van der Waals surface area contributed by atoms with Crippen LogP contribution in [0.4, 0.5) is 5.69 Å². The lowest BCUT2D eigenvalue weighted by atomic mass is 10.2. The second kappa shape index (κ2) is 6.07. The summed E-state index contributed by atoms with van der Waals surface area (Å²) in [7, 11) is 0. The highest BCUT2D eigenvalue weighted by molar-refractivity contribution is 9.10. The molecule has 0 saturated heterocycles. The van der Waals surface area contributed by atoms with Gasteiger partial charge < -0.3 is 15.2 Å². The van der Waals surface area contributed by atoms with Crippen molar-refractivity contribution in [1.29, 1.82) is 0 Å². The third kappa shape index (κ3) is 2.89. The van der Waals surface area contributed by atoms with Crippen molar-refractivity contribution in [2.24, 2.45) is 5.10 Å². The fourth-order valence-electron chi connectivity index (χ4n) is 1.96. The molecule has 2 aromatic rings. The number of nitrogens with one attached hydrogen (secondary N) is 1. The fourth-order valence-corrected chi connectivity index (χ4v) is 2.38.